The molecule has 2 aliphatic rings. The highest BCUT2D eigenvalue weighted by molar-refractivity contribution is 5.75. The van der Waals surface area contributed by atoms with Gasteiger partial charge in [0.05, 0.1) is 12.8 Å². The molecule has 1 N–H and O–H groups in total. The third-order valence-electron chi connectivity index (χ3n) is 3.53. The van der Waals surface area contributed by atoms with Gasteiger partial charge in [-0.15, -0.1) is 0 Å². The molecule has 2 fully saturated rings. The molecule has 0 aromatic carbocycles. The molecule has 1 saturated heterocycles. The quantitative estimate of drug-likeness (QED) is 0.877. The molecular weight excluding hydrogens is 230 g/mol. The second-order valence-electron chi connectivity index (χ2n) is 4.96. The highest BCUT2D eigenvalue weighted by Gasteiger charge is 2.35. The average Bonchev–Trinajstić information content (AvgIpc) is 3.13. The number of nitrogens with one attached hydrogen (secondary N) is 1. The monoisotopic (exact) mass is 249 g/mol. The summed E-state index contributed by atoms with van der Waals surface area (Å²) in [6.07, 6.45) is 3.91. The highest BCUT2D eigenvalue weighted by Crippen LogP contribution is 2.29. The van der Waals surface area contributed by atoms with Gasteiger partial charge in [0.25, 0.3) is 0 Å². The van der Waals surface area contributed by atoms with Crippen LogP contribution in [0, 0.1) is 0 Å². The molecule has 2 heterocycles. The first-order valence-corrected chi connectivity index (χ1v) is 6.63. The topological polar surface area (TPSA) is 48.7 Å². The summed E-state index contributed by atoms with van der Waals surface area (Å²) in [6.45, 7) is 4.00. The lowest BCUT2D eigenvalue weighted by Gasteiger charge is -2.33. The van der Waals surface area contributed by atoms with E-state index in [1.807, 2.05) is 21.9 Å². The van der Waals surface area contributed by atoms with Crippen molar-refractivity contribution in [2.75, 3.05) is 26.2 Å². The third kappa shape index (κ3) is 2.51. The molecule has 0 bridgehead atoms. The number of rotatable bonds is 3. The molecule has 1 aromatic rings. The largest absolute Gasteiger partial charge is 0.467 e. The lowest BCUT2D eigenvalue weighted by atomic mass is 10.3. The number of hydrogen-bond acceptors (Lipinski definition) is 3. The van der Waals surface area contributed by atoms with Gasteiger partial charge in [0.2, 0.25) is 0 Å². The van der Waals surface area contributed by atoms with Gasteiger partial charge in [-0.25, -0.2) is 4.79 Å². The van der Waals surface area contributed by atoms with Gasteiger partial charge in [-0.1, -0.05) is 0 Å². The second kappa shape index (κ2) is 5.02. The van der Waals surface area contributed by atoms with Gasteiger partial charge in [0, 0.05) is 32.2 Å². The molecular formula is C13H19N3O2. The van der Waals surface area contributed by atoms with Crippen molar-refractivity contribution >= 4 is 6.03 Å². The number of hydrogen-bond donors (Lipinski definition) is 1. The van der Waals surface area contributed by atoms with E-state index in [0.717, 1.165) is 44.8 Å². The molecule has 0 radical (unpaired) electrons. The third-order valence-corrected chi connectivity index (χ3v) is 3.53. The van der Waals surface area contributed by atoms with Crippen molar-refractivity contribution in [3.05, 3.63) is 24.2 Å². The summed E-state index contributed by atoms with van der Waals surface area (Å²) in [5.41, 5.74) is 0. The van der Waals surface area contributed by atoms with E-state index in [0.29, 0.717) is 12.6 Å². The maximum Gasteiger partial charge on any atom is 0.320 e. The van der Waals surface area contributed by atoms with Crippen molar-refractivity contribution in [3.63, 3.8) is 0 Å². The maximum atomic E-state index is 12.5. The number of urea groups is 1. The first-order chi connectivity index (χ1) is 8.84. The van der Waals surface area contributed by atoms with Crippen LogP contribution in [0.3, 0.4) is 0 Å². The van der Waals surface area contributed by atoms with Crippen molar-refractivity contribution in [1.82, 2.24) is 15.1 Å². The molecule has 18 heavy (non-hydrogen) atoms. The minimum atomic E-state index is 0.162. The zero-order chi connectivity index (χ0) is 12.4. The van der Waals surface area contributed by atoms with Crippen LogP contribution < -0.4 is 5.32 Å². The van der Waals surface area contributed by atoms with Crippen molar-refractivity contribution in [2.24, 2.45) is 0 Å². The maximum absolute atomic E-state index is 12.5. The molecule has 1 aromatic heterocycles. The Morgan fingerprint density at radius 2 is 2.22 bits per heavy atom. The Morgan fingerprint density at radius 1 is 1.44 bits per heavy atom. The van der Waals surface area contributed by atoms with Gasteiger partial charge in [0.15, 0.2) is 0 Å². The van der Waals surface area contributed by atoms with Crippen molar-refractivity contribution < 1.29 is 9.21 Å². The van der Waals surface area contributed by atoms with Gasteiger partial charge in [-0.2, -0.15) is 0 Å². The predicted molar refractivity (Wildman–Crippen MR) is 67.1 cm³/mol. The van der Waals surface area contributed by atoms with Gasteiger partial charge >= 0.3 is 6.03 Å². The Morgan fingerprint density at radius 3 is 2.83 bits per heavy atom. The Bertz CT molecular complexity index is 394. The number of nitrogens with zero attached hydrogens (tertiary/aromatic N) is 2. The molecule has 1 aliphatic carbocycles. The second-order valence-corrected chi connectivity index (χ2v) is 4.96. The molecule has 0 spiro atoms. The van der Waals surface area contributed by atoms with Crippen molar-refractivity contribution in [3.8, 4) is 0 Å². The van der Waals surface area contributed by atoms with Gasteiger partial charge in [-0.3, -0.25) is 0 Å². The van der Waals surface area contributed by atoms with Crippen LogP contribution in [0.1, 0.15) is 18.6 Å². The van der Waals surface area contributed by atoms with E-state index in [-0.39, 0.29) is 6.03 Å². The van der Waals surface area contributed by atoms with E-state index in [2.05, 4.69) is 5.32 Å². The number of piperazine rings is 1. The lowest BCUT2D eigenvalue weighted by Crippen LogP contribution is -2.51. The molecule has 5 heteroatoms. The summed E-state index contributed by atoms with van der Waals surface area (Å²) in [7, 11) is 0. The fourth-order valence-electron chi connectivity index (χ4n) is 2.35. The standard InChI is InChI=1S/C13H19N3O2/c17-13(15-7-5-14-6-8-15)16(11-3-4-11)10-12-2-1-9-18-12/h1-2,9,11,14H,3-8,10H2. The van der Waals surface area contributed by atoms with Crippen LogP contribution >= 0.6 is 0 Å². The first kappa shape index (κ1) is 11.6. The number of carbonyl (C=O) groups excluding carboxylic acids is 1. The molecule has 1 saturated carbocycles. The van der Waals surface area contributed by atoms with Crippen molar-refractivity contribution in [1.29, 1.82) is 0 Å². The molecule has 98 valence electrons. The van der Waals surface area contributed by atoms with Gasteiger partial charge in [-0.05, 0) is 25.0 Å². The number of amides is 2. The van der Waals surface area contributed by atoms with E-state index in [4.69, 9.17) is 4.42 Å². The van der Waals surface area contributed by atoms with Crippen molar-refractivity contribution in [2.45, 2.75) is 25.4 Å². The minimum Gasteiger partial charge on any atom is -0.467 e. The molecule has 5 nitrogen and oxygen atoms in total. The summed E-state index contributed by atoms with van der Waals surface area (Å²) in [4.78, 5) is 16.4. The van der Waals surface area contributed by atoms with E-state index in [1.54, 1.807) is 6.26 Å². The van der Waals surface area contributed by atoms with E-state index >= 15 is 0 Å². The highest BCUT2D eigenvalue weighted by atomic mass is 16.3. The van der Waals surface area contributed by atoms with Crippen LogP contribution in [0.2, 0.25) is 0 Å². The molecule has 3 rings (SSSR count). The summed E-state index contributed by atoms with van der Waals surface area (Å²) >= 11 is 0. The summed E-state index contributed by atoms with van der Waals surface area (Å²) in [6, 6.07) is 4.38. The van der Waals surface area contributed by atoms with Crippen LogP contribution in [-0.4, -0.2) is 48.1 Å². The predicted octanol–water partition coefficient (Wildman–Crippen LogP) is 1.27. The summed E-state index contributed by atoms with van der Waals surface area (Å²) in [5.74, 6) is 0.866. The Balaban J connectivity index is 1.66. The van der Waals surface area contributed by atoms with Gasteiger partial charge < -0.3 is 19.5 Å². The van der Waals surface area contributed by atoms with E-state index < -0.39 is 0 Å². The average molecular weight is 249 g/mol. The number of carbonyl (C=O) groups is 1. The summed E-state index contributed by atoms with van der Waals surface area (Å²) < 4.78 is 5.35. The molecule has 1 aliphatic heterocycles. The van der Waals surface area contributed by atoms with Crippen LogP contribution in [0.4, 0.5) is 4.79 Å². The lowest BCUT2D eigenvalue weighted by molar-refractivity contribution is 0.137. The smallest absolute Gasteiger partial charge is 0.320 e. The van der Waals surface area contributed by atoms with E-state index in [1.165, 1.54) is 0 Å². The molecule has 2 amide bonds. The fourth-order valence-corrected chi connectivity index (χ4v) is 2.35. The van der Waals surface area contributed by atoms with Gasteiger partial charge in [0.1, 0.15) is 5.76 Å². The molecule has 0 unspecified atom stereocenters. The fraction of sp³-hybridized carbons (Fsp3) is 0.615. The minimum absolute atomic E-state index is 0.162. The van der Waals surface area contributed by atoms with Crippen LogP contribution in [0.25, 0.3) is 0 Å². The SMILES string of the molecule is O=C(N1CCNCC1)N(Cc1ccco1)C1CC1. The Kier molecular flexibility index (Phi) is 3.23. The zero-order valence-electron chi connectivity index (χ0n) is 10.5. The summed E-state index contributed by atoms with van der Waals surface area (Å²) in [5, 5.41) is 3.27. The Labute approximate surface area is 107 Å². The number of furan rings is 1. The van der Waals surface area contributed by atoms with Crippen LogP contribution in [0.5, 0.6) is 0 Å². The first-order valence-electron chi connectivity index (χ1n) is 6.63. The van der Waals surface area contributed by atoms with Crippen LogP contribution in [-0.2, 0) is 6.54 Å². The van der Waals surface area contributed by atoms with E-state index in [9.17, 15) is 4.79 Å². The van der Waals surface area contributed by atoms with Crippen LogP contribution in [0.15, 0.2) is 22.8 Å². The Hall–Kier alpha value is -1.49. The molecule has 0 atom stereocenters. The zero-order valence-corrected chi connectivity index (χ0v) is 10.5. The normalized spacial score (nSPS) is 19.9.